The number of nitrogens with zero attached hydrogens (tertiary/aromatic N) is 3. The van der Waals surface area contributed by atoms with Crippen LogP contribution in [0, 0.1) is 0 Å². The molecular formula is C17H11N3O3. The lowest BCUT2D eigenvalue weighted by Gasteiger charge is -2.21. The zero-order valence-electron chi connectivity index (χ0n) is 12.0. The highest BCUT2D eigenvalue weighted by molar-refractivity contribution is 5.68. The molecule has 3 aliphatic rings. The molecule has 6 nitrogen and oxygen atoms in total. The summed E-state index contributed by atoms with van der Waals surface area (Å²) in [5, 5.41) is 4.40. The molecule has 0 saturated heterocycles. The van der Waals surface area contributed by atoms with Gasteiger partial charge in [-0.3, -0.25) is 0 Å². The fourth-order valence-corrected chi connectivity index (χ4v) is 3.90. The normalized spacial score (nSPS) is 21.9. The van der Waals surface area contributed by atoms with E-state index in [1.54, 1.807) is 6.33 Å². The molecule has 0 saturated carbocycles. The van der Waals surface area contributed by atoms with Crippen LogP contribution in [0.4, 0.5) is 0 Å². The van der Waals surface area contributed by atoms with Crippen molar-refractivity contribution in [1.29, 1.82) is 0 Å². The van der Waals surface area contributed by atoms with Crippen molar-refractivity contribution >= 4 is 0 Å². The summed E-state index contributed by atoms with van der Waals surface area (Å²) in [6.45, 7) is 0.749. The number of hydrogen-bond acceptors (Lipinski definition) is 5. The number of fused-ring (bicyclic) bond motifs is 8. The molecule has 2 aromatic carbocycles. The smallest absolute Gasteiger partial charge is 0.231 e. The predicted octanol–water partition coefficient (Wildman–Crippen LogP) is 2.04. The SMILES string of the molecule is c1ccc2c(c1)-n1ncnc1C21COc2cc3c(cc21)OCO3. The maximum atomic E-state index is 6.03. The molecule has 0 aliphatic carbocycles. The Kier molecular flexibility index (Phi) is 1.83. The molecule has 0 radical (unpaired) electrons. The van der Waals surface area contributed by atoms with E-state index < -0.39 is 5.41 Å². The summed E-state index contributed by atoms with van der Waals surface area (Å²) in [7, 11) is 0. The van der Waals surface area contributed by atoms with Crippen molar-refractivity contribution in [2.45, 2.75) is 5.41 Å². The number of hydrogen-bond donors (Lipinski definition) is 0. The fourth-order valence-electron chi connectivity index (χ4n) is 3.90. The predicted molar refractivity (Wildman–Crippen MR) is 79.3 cm³/mol. The van der Waals surface area contributed by atoms with Crippen molar-refractivity contribution in [2.24, 2.45) is 0 Å². The van der Waals surface area contributed by atoms with E-state index in [1.165, 1.54) is 0 Å². The molecule has 1 aromatic heterocycles. The van der Waals surface area contributed by atoms with Gasteiger partial charge in [0.15, 0.2) is 17.3 Å². The Balaban J connectivity index is 1.71. The lowest BCUT2D eigenvalue weighted by Crippen LogP contribution is -2.29. The average molecular weight is 305 g/mol. The van der Waals surface area contributed by atoms with Crippen LogP contribution in [0.25, 0.3) is 5.69 Å². The van der Waals surface area contributed by atoms with Gasteiger partial charge in [-0.05, 0) is 17.7 Å². The van der Waals surface area contributed by atoms with E-state index >= 15 is 0 Å². The lowest BCUT2D eigenvalue weighted by atomic mass is 9.76. The first-order valence-corrected chi connectivity index (χ1v) is 7.45. The summed E-state index contributed by atoms with van der Waals surface area (Å²) in [4.78, 5) is 4.54. The Labute approximate surface area is 131 Å². The van der Waals surface area contributed by atoms with Crippen LogP contribution in [0.3, 0.4) is 0 Å². The number of para-hydroxylation sites is 1. The van der Waals surface area contributed by atoms with Gasteiger partial charge in [-0.1, -0.05) is 18.2 Å². The Morgan fingerprint density at radius 3 is 2.78 bits per heavy atom. The number of ether oxygens (including phenoxy) is 3. The monoisotopic (exact) mass is 305 g/mol. The third-order valence-electron chi connectivity index (χ3n) is 4.90. The molecule has 0 fully saturated rings. The Morgan fingerprint density at radius 2 is 1.83 bits per heavy atom. The number of benzene rings is 2. The van der Waals surface area contributed by atoms with Crippen LogP contribution in [0.5, 0.6) is 17.2 Å². The summed E-state index contributed by atoms with van der Waals surface area (Å²) >= 11 is 0. The summed E-state index contributed by atoms with van der Waals surface area (Å²) in [6, 6.07) is 12.2. The molecule has 23 heavy (non-hydrogen) atoms. The van der Waals surface area contributed by atoms with Gasteiger partial charge < -0.3 is 14.2 Å². The van der Waals surface area contributed by atoms with Crippen LogP contribution in [0.1, 0.15) is 17.0 Å². The highest BCUT2D eigenvalue weighted by atomic mass is 16.7. The number of rotatable bonds is 0. The largest absolute Gasteiger partial charge is 0.491 e. The van der Waals surface area contributed by atoms with E-state index in [-0.39, 0.29) is 6.79 Å². The topological polar surface area (TPSA) is 58.4 Å². The summed E-state index contributed by atoms with van der Waals surface area (Å²) < 4.78 is 19.0. The Bertz CT molecular complexity index is 981. The second kappa shape index (κ2) is 3.65. The molecule has 3 aliphatic heterocycles. The molecule has 1 atom stereocenters. The molecule has 0 N–H and O–H groups in total. The van der Waals surface area contributed by atoms with E-state index in [9.17, 15) is 0 Å². The van der Waals surface area contributed by atoms with Gasteiger partial charge in [0.1, 0.15) is 24.1 Å². The molecule has 6 heteroatoms. The van der Waals surface area contributed by atoms with Crippen LogP contribution >= 0.6 is 0 Å². The minimum Gasteiger partial charge on any atom is -0.491 e. The molecular weight excluding hydrogens is 294 g/mol. The van der Waals surface area contributed by atoms with Crippen molar-refractivity contribution in [1.82, 2.24) is 14.8 Å². The highest BCUT2D eigenvalue weighted by Gasteiger charge is 2.53. The second-order valence-corrected chi connectivity index (χ2v) is 5.91. The van der Waals surface area contributed by atoms with Gasteiger partial charge in [-0.2, -0.15) is 5.10 Å². The van der Waals surface area contributed by atoms with E-state index in [0.29, 0.717) is 6.61 Å². The van der Waals surface area contributed by atoms with Gasteiger partial charge in [0.2, 0.25) is 6.79 Å². The first-order chi connectivity index (χ1) is 11.4. The van der Waals surface area contributed by atoms with Gasteiger partial charge in [0, 0.05) is 11.6 Å². The van der Waals surface area contributed by atoms with Gasteiger partial charge in [0.25, 0.3) is 0 Å². The molecule has 0 amide bonds. The molecule has 112 valence electrons. The molecule has 1 unspecified atom stereocenters. The van der Waals surface area contributed by atoms with Gasteiger partial charge in [0.05, 0.1) is 5.69 Å². The maximum Gasteiger partial charge on any atom is 0.231 e. The zero-order chi connectivity index (χ0) is 15.0. The van der Waals surface area contributed by atoms with Gasteiger partial charge in [-0.15, -0.1) is 0 Å². The number of aromatic nitrogens is 3. The quantitative estimate of drug-likeness (QED) is 0.636. The van der Waals surface area contributed by atoms with Crippen molar-refractivity contribution in [2.75, 3.05) is 13.4 Å². The van der Waals surface area contributed by atoms with Crippen LogP contribution in [-0.4, -0.2) is 28.2 Å². The first-order valence-electron chi connectivity index (χ1n) is 7.45. The molecule has 6 rings (SSSR count). The van der Waals surface area contributed by atoms with Crippen molar-refractivity contribution in [3.05, 3.63) is 59.7 Å². The molecule has 1 spiro atoms. The molecule has 4 heterocycles. The average Bonchev–Trinajstić information content (AvgIpc) is 3.33. The third-order valence-corrected chi connectivity index (χ3v) is 4.90. The fraction of sp³-hybridized carbons (Fsp3) is 0.176. The van der Waals surface area contributed by atoms with E-state index in [2.05, 4.69) is 22.2 Å². The van der Waals surface area contributed by atoms with E-state index in [0.717, 1.165) is 39.9 Å². The third kappa shape index (κ3) is 1.18. The minimum absolute atomic E-state index is 0.248. The lowest BCUT2D eigenvalue weighted by molar-refractivity contribution is 0.173. The van der Waals surface area contributed by atoms with Crippen LogP contribution < -0.4 is 14.2 Å². The van der Waals surface area contributed by atoms with Crippen LogP contribution in [0.15, 0.2) is 42.7 Å². The highest BCUT2D eigenvalue weighted by Crippen LogP contribution is 2.55. The Morgan fingerprint density at radius 1 is 0.957 bits per heavy atom. The van der Waals surface area contributed by atoms with E-state index in [1.807, 2.05) is 28.9 Å². The molecule has 0 bridgehead atoms. The zero-order valence-corrected chi connectivity index (χ0v) is 12.0. The summed E-state index contributed by atoms with van der Waals surface area (Å²) in [5.74, 6) is 3.19. The van der Waals surface area contributed by atoms with Gasteiger partial charge >= 0.3 is 0 Å². The summed E-state index contributed by atoms with van der Waals surface area (Å²) in [5.41, 5.74) is 2.83. The summed E-state index contributed by atoms with van der Waals surface area (Å²) in [6.07, 6.45) is 1.60. The molecule has 3 aromatic rings. The second-order valence-electron chi connectivity index (χ2n) is 5.91. The minimum atomic E-state index is -0.441. The first kappa shape index (κ1) is 11.5. The van der Waals surface area contributed by atoms with E-state index in [4.69, 9.17) is 14.2 Å². The van der Waals surface area contributed by atoms with Crippen molar-refractivity contribution in [3.8, 4) is 22.9 Å². The van der Waals surface area contributed by atoms with Crippen molar-refractivity contribution in [3.63, 3.8) is 0 Å². The van der Waals surface area contributed by atoms with Crippen LogP contribution in [0.2, 0.25) is 0 Å². The van der Waals surface area contributed by atoms with Crippen molar-refractivity contribution < 1.29 is 14.2 Å². The van der Waals surface area contributed by atoms with Crippen LogP contribution in [-0.2, 0) is 5.41 Å². The maximum absolute atomic E-state index is 6.03. The standard InChI is InChI=1S/C17H11N3O3/c1-2-4-12-10(3-1)17(16-18-8-19-20(12)16)7-21-13-6-15-14(5-11(13)17)22-9-23-15/h1-6,8H,7,9H2. The Hall–Kier alpha value is -3.02. The van der Waals surface area contributed by atoms with Gasteiger partial charge in [-0.25, -0.2) is 9.67 Å².